The Hall–Kier alpha value is -2.35. The third-order valence-electron chi connectivity index (χ3n) is 3.48. The van der Waals surface area contributed by atoms with Crippen LogP contribution in [0.4, 0.5) is 0 Å². The van der Waals surface area contributed by atoms with E-state index in [2.05, 4.69) is 10.2 Å². The van der Waals surface area contributed by atoms with Crippen molar-refractivity contribution in [2.75, 3.05) is 11.6 Å². The molecule has 128 valence electrons. The van der Waals surface area contributed by atoms with Gasteiger partial charge in [0, 0.05) is 12.6 Å². The number of rotatable bonds is 6. The molecule has 1 aromatic heterocycles. The summed E-state index contributed by atoms with van der Waals surface area (Å²) in [5.41, 5.74) is 0.876. The number of hydrogen-bond acceptors (Lipinski definition) is 6. The first-order chi connectivity index (χ1) is 11.4. The molecule has 2 rings (SSSR count). The van der Waals surface area contributed by atoms with Gasteiger partial charge in [0.25, 0.3) is 5.56 Å². The van der Waals surface area contributed by atoms with Crippen molar-refractivity contribution < 1.29 is 4.79 Å². The smallest absolute Gasteiger partial charge is 0.294 e. The van der Waals surface area contributed by atoms with Crippen molar-refractivity contribution in [1.82, 2.24) is 19.8 Å². The molecule has 2 N–H and O–H groups in total. The van der Waals surface area contributed by atoms with E-state index in [0.29, 0.717) is 6.54 Å². The van der Waals surface area contributed by atoms with Crippen LogP contribution in [0.25, 0.3) is 0 Å². The number of nitrogen functional groups attached to an aromatic ring is 1. The Bertz CT molecular complexity index is 761. The molecule has 1 aromatic carbocycles. The van der Waals surface area contributed by atoms with Gasteiger partial charge >= 0.3 is 0 Å². The summed E-state index contributed by atoms with van der Waals surface area (Å²) in [6, 6.07) is 9.86. The largest absolute Gasteiger partial charge is 0.335 e. The second-order valence-electron chi connectivity index (χ2n) is 5.63. The molecule has 0 atom stereocenters. The predicted octanol–water partition coefficient (Wildman–Crippen LogP) is 1.19. The van der Waals surface area contributed by atoms with Crippen LogP contribution in [0.1, 0.15) is 25.1 Å². The van der Waals surface area contributed by atoms with E-state index in [9.17, 15) is 9.59 Å². The maximum Gasteiger partial charge on any atom is 0.294 e. The van der Waals surface area contributed by atoms with Crippen LogP contribution in [0.3, 0.4) is 0 Å². The second-order valence-corrected chi connectivity index (χ2v) is 6.58. The molecule has 0 aliphatic carbocycles. The lowest BCUT2D eigenvalue weighted by molar-refractivity contribution is -0.130. The standard InChI is InChI=1S/C16H21N5O2S/c1-11(2)20(9-13-7-5-4-6-8-13)14(22)10-24-16-19-18-12(3)15(23)21(16)17/h4-8,11H,9-10,17H2,1-3H3. The van der Waals surface area contributed by atoms with E-state index < -0.39 is 5.56 Å². The van der Waals surface area contributed by atoms with Crippen molar-refractivity contribution in [3.63, 3.8) is 0 Å². The molecular formula is C16H21N5O2S. The van der Waals surface area contributed by atoms with Crippen molar-refractivity contribution in [3.05, 3.63) is 51.9 Å². The van der Waals surface area contributed by atoms with Crippen LogP contribution in [0.5, 0.6) is 0 Å². The highest BCUT2D eigenvalue weighted by Gasteiger charge is 2.19. The summed E-state index contributed by atoms with van der Waals surface area (Å²) >= 11 is 1.11. The summed E-state index contributed by atoms with van der Waals surface area (Å²) < 4.78 is 0.928. The zero-order chi connectivity index (χ0) is 17.7. The van der Waals surface area contributed by atoms with Crippen LogP contribution in [0.15, 0.2) is 40.3 Å². The fourth-order valence-corrected chi connectivity index (χ4v) is 2.86. The number of carbonyl (C=O) groups excluding carboxylic acids is 1. The summed E-state index contributed by atoms with van der Waals surface area (Å²) in [7, 11) is 0. The van der Waals surface area contributed by atoms with Crippen LogP contribution < -0.4 is 11.4 Å². The van der Waals surface area contributed by atoms with Crippen molar-refractivity contribution in [1.29, 1.82) is 0 Å². The van der Waals surface area contributed by atoms with Crippen LogP contribution >= 0.6 is 11.8 Å². The number of aryl methyl sites for hydroxylation is 1. The molecule has 1 amide bonds. The molecule has 0 radical (unpaired) electrons. The molecule has 0 aliphatic rings. The van der Waals surface area contributed by atoms with Crippen LogP contribution in [0.2, 0.25) is 0 Å². The highest BCUT2D eigenvalue weighted by atomic mass is 32.2. The lowest BCUT2D eigenvalue weighted by Crippen LogP contribution is -2.38. The molecule has 1 heterocycles. The number of aromatic nitrogens is 3. The van der Waals surface area contributed by atoms with Crippen molar-refractivity contribution in [2.45, 2.75) is 38.5 Å². The van der Waals surface area contributed by atoms with Gasteiger partial charge in [0.1, 0.15) is 5.69 Å². The third-order valence-corrected chi connectivity index (χ3v) is 4.41. The Morgan fingerprint density at radius 2 is 1.96 bits per heavy atom. The van der Waals surface area contributed by atoms with Gasteiger partial charge in [-0.1, -0.05) is 42.1 Å². The Morgan fingerprint density at radius 1 is 1.29 bits per heavy atom. The lowest BCUT2D eigenvalue weighted by Gasteiger charge is -2.26. The third kappa shape index (κ3) is 4.35. The Labute approximate surface area is 144 Å². The first-order valence-corrected chi connectivity index (χ1v) is 8.56. The SMILES string of the molecule is Cc1nnc(SCC(=O)N(Cc2ccccc2)C(C)C)n(N)c1=O. The minimum atomic E-state index is -0.412. The maximum absolute atomic E-state index is 12.6. The van der Waals surface area contributed by atoms with Gasteiger partial charge in [0.05, 0.1) is 5.75 Å². The van der Waals surface area contributed by atoms with Gasteiger partial charge in [0.2, 0.25) is 11.1 Å². The van der Waals surface area contributed by atoms with Crippen molar-refractivity contribution in [3.8, 4) is 0 Å². The molecule has 0 saturated heterocycles. The molecular weight excluding hydrogens is 326 g/mol. The zero-order valence-electron chi connectivity index (χ0n) is 14.0. The molecule has 7 nitrogen and oxygen atoms in total. The van der Waals surface area contributed by atoms with Gasteiger partial charge in [-0.05, 0) is 26.3 Å². The van der Waals surface area contributed by atoms with E-state index in [0.717, 1.165) is 22.0 Å². The number of amides is 1. The number of hydrogen-bond donors (Lipinski definition) is 1. The molecule has 2 aromatic rings. The summed E-state index contributed by atoms with van der Waals surface area (Å²) in [6.45, 7) is 6.01. The van der Waals surface area contributed by atoms with E-state index in [1.54, 1.807) is 11.8 Å². The van der Waals surface area contributed by atoms with E-state index in [1.165, 1.54) is 0 Å². The summed E-state index contributed by atoms with van der Waals surface area (Å²) in [6.07, 6.45) is 0. The summed E-state index contributed by atoms with van der Waals surface area (Å²) in [5.74, 6) is 5.78. The van der Waals surface area contributed by atoms with Gasteiger partial charge in [0.15, 0.2) is 0 Å². The van der Waals surface area contributed by atoms with Gasteiger partial charge in [-0.2, -0.15) is 4.68 Å². The van der Waals surface area contributed by atoms with Gasteiger partial charge < -0.3 is 10.7 Å². The minimum absolute atomic E-state index is 0.0475. The van der Waals surface area contributed by atoms with Gasteiger partial charge in [-0.15, -0.1) is 10.2 Å². The monoisotopic (exact) mass is 347 g/mol. The number of thioether (sulfide) groups is 1. The molecule has 0 saturated carbocycles. The average molecular weight is 347 g/mol. The number of carbonyl (C=O) groups is 1. The van der Waals surface area contributed by atoms with E-state index in [1.807, 2.05) is 44.2 Å². The molecule has 0 unspecified atom stereocenters. The average Bonchev–Trinajstić information content (AvgIpc) is 2.57. The van der Waals surface area contributed by atoms with Crippen molar-refractivity contribution >= 4 is 17.7 Å². The first-order valence-electron chi connectivity index (χ1n) is 7.57. The number of benzene rings is 1. The summed E-state index contributed by atoms with van der Waals surface area (Å²) in [4.78, 5) is 26.1. The highest BCUT2D eigenvalue weighted by molar-refractivity contribution is 7.99. The Morgan fingerprint density at radius 3 is 2.58 bits per heavy atom. The van der Waals surface area contributed by atoms with Crippen LogP contribution in [-0.2, 0) is 11.3 Å². The Balaban J connectivity index is 2.06. The molecule has 24 heavy (non-hydrogen) atoms. The topological polar surface area (TPSA) is 94.1 Å². The highest BCUT2D eigenvalue weighted by Crippen LogP contribution is 2.15. The van der Waals surface area contributed by atoms with Crippen molar-refractivity contribution in [2.24, 2.45) is 0 Å². The summed E-state index contributed by atoms with van der Waals surface area (Å²) in [5, 5.41) is 7.86. The fourth-order valence-electron chi connectivity index (χ4n) is 2.12. The van der Waals surface area contributed by atoms with Crippen LogP contribution in [0, 0.1) is 6.92 Å². The van der Waals surface area contributed by atoms with E-state index in [-0.39, 0.29) is 28.6 Å². The Kier molecular flexibility index (Phi) is 5.97. The van der Waals surface area contributed by atoms with E-state index in [4.69, 9.17) is 5.84 Å². The number of nitrogens with two attached hydrogens (primary N) is 1. The number of nitrogens with zero attached hydrogens (tertiary/aromatic N) is 4. The molecule has 0 aliphatic heterocycles. The second kappa shape index (κ2) is 7.96. The fraction of sp³-hybridized carbons (Fsp3) is 0.375. The first kappa shape index (κ1) is 18.0. The molecule has 8 heteroatoms. The molecule has 0 fully saturated rings. The minimum Gasteiger partial charge on any atom is -0.335 e. The molecule has 0 bridgehead atoms. The normalized spacial score (nSPS) is 10.8. The quantitative estimate of drug-likeness (QED) is 0.623. The zero-order valence-corrected chi connectivity index (χ0v) is 14.8. The van der Waals surface area contributed by atoms with E-state index >= 15 is 0 Å². The maximum atomic E-state index is 12.6. The van der Waals surface area contributed by atoms with Gasteiger partial charge in [-0.25, -0.2) is 0 Å². The lowest BCUT2D eigenvalue weighted by atomic mass is 10.2. The van der Waals surface area contributed by atoms with Gasteiger partial charge in [-0.3, -0.25) is 9.59 Å². The molecule has 0 spiro atoms. The van der Waals surface area contributed by atoms with Crippen LogP contribution in [-0.4, -0.2) is 37.5 Å². The predicted molar refractivity (Wildman–Crippen MR) is 94.0 cm³/mol.